The van der Waals surface area contributed by atoms with Gasteiger partial charge in [-0.2, -0.15) is 5.10 Å². The third-order valence-electron chi connectivity index (χ3n) is 4.31. The van der Waals surface area contributed by atoms with Gasteiger partial charge in [0.05, 0.1) is 5.69 Å². The fourth-order valence-corrected chi connectivity index (χ4v) is 3.37. The van der Waals surface area contributed by atoms with E-state index in [1.165, 1.54) is 17.0 Å². The summed E-state index contributed by atoms with van der Waals surface area (Å²) in [5.74, 6) is 0.908. The van der Waals surface area contributed by atoms with Gasteiger partial charge in [0.25, 0.3) is 0 Å². The lowest BCUT2D eigenvalue weighted by Gasteiger charge is -2.10. The molecule has 7 heteroatoms. The molecule has 2 aromatic carbocycles. The molecule has 4 rings (SSSR count). The number of anilines is 2. The molecule has 0 bridgehead atoms. The summed E-state index contributed by atoms with van der Waals surface area (Å²) < 4.78 is 15.1. The van der Waals surface area contributed by atoms with Gasteiger partial charge >= 0.3 is 0 Å². The summed E-state index contributed by atoms with van der Waals surface area (Å²) in [5.41, 5.74) is 4.10. The highest BCUT2D eigenvalue weighted by molar-refractivity contribution is 7.98. The van der Waals surface area contributed by atoms with Gasteiger partial charge < -0.3 is 5.32 Å². The Bertz CT molecular complexity index is 1100. The molecule has 0 spiro atoms. The van der Waals surface area contributed by atoms with Crippen LogP contribution in [0.3, 0.4) is 0 Å². The molecule has 0 amide bonds. The highest BCUT2D eigenvalue weighted by Crippen LogP contribution is 2.29. The van der Waals surface area contributed by atoms with Crippen LogP contribution in [0.25, 0.3) is 22.4 Å². The molecule has 0 fully saturated rings. The lowest BCUT2D eigenvalue weighted by molar-refractivity contribution is 0.628. The summed E-state index contributed by atoms with van der Waals surface area (Å²) in [5, 5.41) is 7.86. The van der Waals surface area contributed by atoms with Crippen molar-refractivity contribution in [2.45, 2.75) is 11.8 Å². The molecule has 0 aliphatic carbocycles. The molecule has 2 heterocycles. The van der Waals surface area contributed by atoms with Crippen LogP contribution in [-0.2, 0) is 7.05 Å². The van der Waals surface area contributed by atoms with Crippen LogP contribution in [0.15, 0.2) is 53.4 Å². The van der Waals surface area contributed by atoms with E-state index in [9.17, 15) is 4.39 Å². The molecule has 5 nitrogen and oxygen atoms in total. The smallest absolute Gasteiger partial charge is 0.162 e. The number of thioether (sulfide) groups is 1. The van der Waals surface area contributed by atoms with Crippen molar-refractivity contribution in [2.24, 2.45) is 7.05 Å². The highest BCUT2D eigenvalue weighted by atomic mass is 32.2. The third-order valence-corrected chi connectivity index (χ3v) is 5.05. The van der Waals surface area contributed by atoms with Crippen molar-refractivity contribution in [3.63, 3.8) is 0 Å². The average Bonchev–Trinajstić information content (AvgIpc) is 2.97. The minimum absolute atomic E-state index is 0.287. The first kappa shape index (κ1) is 17.5. The average molecular weight is 379 g/mol. The van der Waals surface area contributed by atoms with Crippen LogP contribution < -0.4 is 5.32 Å². The molecule has 0 atom stereocenters. The van der Waals surface area contributed by atoms with E-state index >= 15 is 0 Å². The third kappa shape index (κ3) is 3.38. The Labute approximate surface area is 160 Å². The molecule has 2 aromatic heterocycles. The first-order valence-corrected chi connectivity index (χ1v) is 9.66. The van der Waals surface area contributed by atoms with Gasteiger partial charge in [-0.1, -0.05) is 0 Å². The van der Waals surface area contributed by atoms with Gasteiger partial charge in [-0.15, -0.1) is 11.8 Å². The zero-order valence-corrected chi connectivity index (χ0v) is 16.0. The highest BCUT2D eigenvalue weighted by Gasteiger charge is 2.16. The monoisotopic (exact) mass is 379 g/mol. The number of fused-ring (bicyclic) bond motifs is 1. The zero-order valence-electron chi connectivity index (χ0n) is 15.2. The quantitative estimate of drug-likeness (QED) is 0.509. The molecular formula is C20H18FN5S. The van der Waals surface area contributed by atoms with E-state index in [1.807, 2.05) is 32.4 Å². The predicted molar refractivity (Wildman–Crippen MR) is 108 cm³/mol. The summed E-state index contributed by atoms with van der Waals surface area (Å²) >= 11 is 1.69. The van der Waals surface area contributed by atoms with E-state index < -0.39 is 0 Å². The maximum atomic E-state index is 13.3. The molecule has 1 N–H and O–H groups in total. The normalized spacial score (nSPS) is 11.1. The number of benzene rings is 2. The van der Waals surface area contributed by atoms with Crippen molar-refractivity contribution in [1.82, 2.24) is 19.7 Å². The molecule has 0 aliphatic rings. The second-order valence-electron chi connectivity index (χ2n) is 6.16. The number of aromatic nitrogens is 4. The number of nitrogens with zero attached hydrogens (tertiary/aromatic N) is 4. The topological polar surface area (TPSA) is 55.6 Å². The predicted octanol–water partition coefficient (Wildman–Crippen LogP) is 4.94. The lowest BCUT2D eigenvalue weighted by Crippen LogP contribution is -2.02. The second-order valence-corrected chi connectivity index (χ2v) is 7.04. The van der Waals surface area contributed by atoms with E-state index in [0.717, 1.165) is 28.0 Å². The molecule has 0 saturated carbocycles. The number of hydrogen-bond acceptors (Lipinski definition) is 5. The van der Waals surface area contributed by atoms with Crippen LogP contribution in [0.4, 0.5) is 15.9 Å². The molecular weight excluding hydrogens is 361 g/mol. The van der Waals surface area contributed by atoms with Crippen LogP contribution in [0.5, 0.6) is 0 Å². The summed E-state index contributed by atoms with van der Waals surface area (Å²) in [4.78, 5) is 10.6. The van der Waals surface area contributed by atoms with E-state index in [0.29, 0.717) is 11.6 Å². The molecule has 136 valence electrons. The van der Waals surface area contributed by atoms with Gasteiger partial charge in [-0.3, -0.25) is 4.68 Å². The Morgan fingerprint density at radius 2 is 1.70 bits per heavy atom. The molecule has 4 aromatic rings. The minimum atomic E-state index is -0.287. The van der Waals surface area contributed by atoms with Crippen molar-refractivity contribution in [3.05, 3.63) is 60.0 Å². The first-order valence-electron chi connectivity index (χ1n) is 8.43. The van der Waals surface area contributed by atoms with Gasteiger partial charge in [0.2, 0.25) is 0 Å². The van der Waals surface area contributed by atoms with Crippen molar-refractivity contribution in [3.8, 4) is 11.4 Å². The fourth-order valence-electron chi connectivity index (χ4n) is 2.96. The summed E-state index contributed by atoms with van der Waals surface area (Å²) in [6.07, 6.45) is 2.05. The van der Waals surface area contributed by atoms with Gasteiger partial charge in [0, 0.05) is 23.2 Å². The molecule has 0 saturated heterocycles. The maximum absolute atomic E-state index is 13.3. The van der Waals surface area contributed by atoms with Crippen molar-refractivity contribution in [2.75, 3.05) is 11.6 Å². The Morgan fingerprint density at radius 3 is 2.37 bits per heavy atom. The number of halogens is 1. The van der Waals surface area contributed by atoms with Crippen molar-refractivity contribution in [1.29, 1.82) is 0 Å². The Balaban J connectivity index is 1.84. The van der Waals surface area contributed by atoms with Crippen LogP contribution in [0.1, 0.15) is 5.69 Å². The van der Waals surface area contributed by atoms with Gasteiger partial charge in [0.15, 0.2) is 11.6 Å². The SMILES string of the molecule is CSc1ccc(Nc2nc(-c3ccc(F)cc3)nc3c(C)nn(C)c23)cc1. The Hall–Kier alpha value is -2.93. The van der Waals surface area contributed by atoms with Crippen LogP contribution >= 0.6 is 11.8 Å². The Kier molecular flexibility index (Phi) is 4.53. The van der Waals surface area contributed by atoms with Crippen LogP contribution in [0.2, 0.25) is 0 Å². The molecule has 0 aliphatic heterocycles. The lowest BCUT2D eigenvalue weighted by atomic mass is 10.2. The van der Waals surface area contributed by atoms with Gasteiger partial charge in [-0.05, 0) is 61.7 Å². The van der Waals surface area contributed by atoms with Crippen LogP contribution in [-0.4, -0.2) is 26.0 Å². The van der Waals surface area contributed by atoms with Crippen molar-refractivity contribution < 1.29 is 4.39 Å². The second kappa shape index (κ2) is 7.00. The Morgan fingerprint density at radius 1 is 1.00 bits per heavy atom. The van der Waals surface area contributed by atoms with E-state index in [1.54, 1.807) is 28.6 Å². The molecule has 27 heavy (non-hydrogen) atoms. The standard InChI is InChI=1S/C20H18FN5S/c1-12-17-18(26(2)25-12)20(22-15-8-10-16(27-3)11-9-15)24-19(23-17)13-4-6-14(21)7-5-13/h4-11H,1-3H3,(H,22,23,24). The van der Waals surface area contributed by atoms with Gasteiger partial charge in [0.1, 0.15) is 16.9 Å². The van der Waals surface area contributed by atoms with E-state index in [-0.39, 0.29) is 5.82 Å². The largest absolute Gasteiger partial charge is 0.338 e. The maximum Gasteiger partial charge on any atom is 0.162 e. The van der Waals surface area contributed by atoms with E-state index in [2.05, 4.69) is 27.5 Å². The first-order chi connectivity index (χ1) is 13.0. The number of hydrogen-bond donors (Lipinski definition) is 1. The number of aryl methyl sites for hydroxylation is 2. The van der Waals surface area contributed by atoms with Gasteiger partial charge in [-0.25, -0.2) is 14.4 Å². The fraction of sp³-hybridized carbons (Fsp3) is 0.150. The molecule has 0 radical (unpaired) electrons. The number of rotatable bonds is 4. The number of nitrogens with one attached hydrogen (secondary N) is 1. The minimum Gasteiger partial charge on any atom is -0.338 e. The zero-order chi connectivity index (χ0) is 19.0. The summed E-state index contributed by atoms with van der Waals surface area (Å²) in [7, 11) is 1.87. The molecule has 0 unspecified atom stereocenters. The van der Waals surface area contributed by atoms with E-state index in [4.69, 9.17) is 4.98 Å². The summed E-state index contributed by atoms with van der Waals surface area (Å²) in [6.45, 7) is 1.92. The summed E-state index contributed by atoms with van der Waals surface area (Å²) in [6, 6.07) is 14.3. The van der Waals surface area contributed by atoms with Crippen molar-refractivity contribution >= 4 is 34.3 Å². The van der Waals surface area contributed by atoms with Crippen LogP contribution in [0, 0.1) is 12.7 Å².